The van der Waals surface area contributed by atoms with Gasteiger partial charge in [0.05, 0.1) is 0 Å². The third kappa shape index (κ3) is 1.67. The molecular weight excluding hydrogens is 146 g/mol. The number of benzene rings is 1. The summed E-state index contributed by atoms with van der Waals surface area (Å²) in [6.07, 6.45) is 2.58. The van der Waals surface area contributed by atoms with Crippen LogP contribution >= 0.6 is 0 Å². The fourth-order valence-electron chi connectivity index (χ4n) is 1.70. The van der Waals surface area contributed by atoms with Gasteiger partial charge in [0, 0.05) is 12.5 Å². The molecule has 12 heavy (non-hydrogen) atoms. The summed E-state index contributed by atoms with van der Waals surface area (Å²) in [6.45, 7) is 3.36. The van der Waals surface area contributed by atoms with Gasteiger partial charge in [0.2, 0.25) is 0 Å². The lowest BCUT2D eigenvalue weighted by Gasteiger charge is -2.22. The van der Waals surface area contributed by atoms with Crippen LogP contribution < -0.4 is 5.32 Å². The molecule has 0 saturated carbocycles. The maximum Gasteiger partial charge on any atom is 0.0295 e. The number of hydrogen-bond donors (Lipinski definition) is 1. The summed E-state index contributed by atoms with van der Waals surface area (Å²) in [5.41, 5.74) is 1.43. The Morgan fingerprint density at radius 3 is 2.67 bits per heavy atom. The van der Waals surface area contributed by atoms with Crippen LogP contribution in [0.1, 0.15) is 24.3 Å². The van der Waals surface area contributed by atoms with E-state index in [1.807, 2.05) is 0 Å². The van der Waals surface area contributed by atoms with Crippen molar-refractivity contribution in [3.05, 3.63) is 42.4 Å². The molecular formula is C11H14N. The number of nitrogens with one attached hydrogen (secondary N) is 1. The summed E-state index contributed by atoms with van der Waals surface area (Å²) < 4.78 is 0. The standard InChI is InChI=1S/C11H14N/c1-2-5-10(6-3-1)11-7-4-8-12-9-11/h1-3,5-6,9,11-12H,4,7-8H2. The van der Waals surface area contributed by atoms with Crippen LogP contribution in [0.3, 0.4) is 0 Å². The third-order valence-corrected chi connectivity index (χ3v) is 2.38. The Morgan fingerprint density at radius 2 is 2.00 bits per heavy atom. The molecule has 0 amide bonds. The highest BCUT2D eigenvalue weighted by Gasteiger charge is 2.14. The first-order valence-electron chi connectivity index (χ1n) is 4.58. The van der Waals surface area contributed by atoms with Crippen molar-refractivity contribution in [1.82, 2.24) is 5.32 Å². The lowest BCUT2D eigenvalue weighted by atomic mass is 9.92. The molecule has 1 saturated heterocycles. The molecule has 1 radical (unpaired) electrons. The van der Waals surface area contributed by atoms with E-state index >= 15 is 0 Å². The molecule has 1 heteroatoms. The summed E-state index contributed by atoms with van der Waals surface area (Å²) in [7, 11) is 0. The Kier molecular flexibility index (Phi) is 2.42. The summed E-state index contributed by atoms with van der Waals surface area (Å²) in [6, 6.07) is 10.7. The van der Waals surface area contributed by atoms with Gasteiger partial charge >= 0.3 is 0 Å². The zero-order valence-corrected chi connectivity index (χ0v) is 7.16. The normalized spacial score (nSPS) is 23.8. The molecule has 1 aliphatic rings. The van der Waals surface area contributed by atoms with Crippen LogP contribution in [0.4, 0.5) is 0 Å². The summed E-state index contributed by atoms with van der Waals surface area (Å²) in [5.74, 6) is 0.625. The van der Waals surface area contributed by atoms with Crippen LogP contribution in [-0.4, -0.2) is 6.54 Å². The Labute approximate surface area is 73.8 Å². The number of hydrogen-bond acceptors (Lipinski definition) is 1. The van der Waals surface area contributed by atoms with Crippen molar-refractivity contribution in [3.63, 3.8) is 0 Å². The Bertz CT molecular complexity index is 224. The molecule has 0 spiro atoms. The number of piperidine rings is 1. The monoisotopic (exact) mass is 160 g/mol. The molecule has 2 rings (SSSR count). The van der Waals surface area contributed by atoms with Crippen molar-refractivity contribution in [2.24, 2.45) is 0 Å². The predicted molar refractivity (Wildman–Crippen MR) is 50.7 cm³/mol. The summed E-state index contributed by atoms with van der Waals surface area (Å²) in [4.78, 5) is 0. The molecule has 1 aliphatic heterocycles. The van der Waals surface area contributed by atoms with Crippen molar-refractivity contribution in [2.75, 3.05) is 6.54 Å². The maximum absolute atomic E-state index is 3.31. The van der Waals surface area contributed by atoms with Crippen molar-refractivity contribution < 1.29 is 0 Å². The third-order valence-electron chi connectivity index (χ3n) is 2.38. The van der Waals surface area contributed by atoms with Gasteiger partial charge in [-0.15, -0.1) is 0 Å². The van der Waals surface area contributed by atoms with Gasteiger partial charge in [-0.25, -0.2) is 0 Å². The van der Waals surface area contributed by atoms with Gasteiger partial charge in [-0.2, -0.15) is 0 Å². The highest BCUT2D eigenvalue weighted by molar-refractivity contribution is 5.22. The lowest BCUT2D eigenvalue weighted by molar-refractivity contribution is 0.522. The van der Waals surface area contributed by atoms with E-state index in [4.69, 9.17) is 0 Å². The van der Waals surface area contributed by atoms with Gasteiger partial charge in [-0.1, -0.05) is 30.3 Å². The molecule has 1 atom stereocenters. The van der Waals surface area contributed by atoms with Crippen LogP contribution in [-0.2, 0) is 0 Å². The Hall–Kier alpha value is -0.820. The minimum Gasteiger partial charge on any atom is -0.312 e. The van der Waals surface area contributed by atoms with E-state index in [-0.39, 0.29) is 0 Å². The highest BCUT2D eigenvalue weighted by atomic mass is 14.9. The number of rotatable bonds is 1. The minimum atomic E-state index is 0.625. The topological polar surface area (TPSA) is 12.0 Å². The highest BCUT2D eigenvalue weighted by Crippen LogP contribution is 2.24. The zero-order valence-electron chi connectivity index (χ0n) is 7.16. The smallest absolute Gasteiger partial charge is 0.0295 e. The first kappa shape index (κ1) is 7.81. The van der Waals surface area contributed by atoms with E-state index in [0.29, 0.717) is 5.92 Å². The van der Waals surface area contributed by atoms with Crippen molar-refractivity contribution >= 4 is 0 Å². The van der Waals surface area contributed by atoms with Gasteiger partial charge in [-0.05, 0) is 24.9 Å². The van der Waals surface area contributed by atoms with Gasteiger partial charge in [0.15, 0.2) is 0 Å². The van der Waals surface area contributed by atoms with Crippen LogP contribution in [0.25, 0.3) is 0 Å². The average molecular weight is 160 g/mol. The van der Waals surface area contributed by atoms with Crippen molar-refractivity contribution in [1.29, 1.82) is 0 Å². The van der Waals surface area contributed by atoms with E-state index in [9.17, 15) is 0 Å². The largest absolute Gasteiger partial charge is 0.312 e. The second kappa shape index (κ2) is 3.72. The first-order chi connectivity index (χ1) is 5.97. The molecule has 1 nitrogen and oxygen atoms in total. The molecule has 1 fully saturated rings. The van der Waals surface area contributed by atoms with Gasteiger partial charge in [0.25, 0.3) is 0 Å². The van der Waals surface area contributed by atoms with Gasteiger partial charge in [-0.3, -0.25) is 0 Å². The average Bonchev–Trinajstić information content (AvgIpc) is 2.21. The van der Waals surface area contributed by atoms with Crippen LogP contribution in [0.15, 0.2) is 30.3 Å². The molecule has 1 aromatic rings. The molecule has 1 unspecified atom stereocenters. The molecule has 0 aliphatic carbocycles. The van der Waals surface area contributed by atoms with Crippen LogP contribution in [0.2, 0.25) is 0 Å². The van der Waals surface area contributed by atoms with E-state index < -0.39 is 0 Å². The minimum absolute atomic E-state index is 0.625. The second-order valence-electron chi connectivity index (χ2n) is 3.28. The van der Waals surface area contributed by atoms with E-state index in [2.05, 4.69) is 42.2 Å². The Balaban J connectivity index is 2.08. The van der Waals surface area contributed by atoms with Crippen molar-refractivity contribution in [3.8, 4) is 0 Å². The van der Waals surface area contributed by atoms with Crippen molar-refractivity contribution in [2.45, 2.75) is 18.8 Å². The van der Waals surface area contributed by atoms with E-state index in [1.165, 1.54) is 18.4 Å². The van der Waals surface area contributed by atoms with Gasteiger partial charge < -0.3 is 5.32 Å². The zero-order chi connectivity index (χ0) is 8.23. The summed E-state index contributed by atoms with van der Waals surface area (Å²) >= 11 is 0. The molecule has 1 heterocycles. The van der Waals surface area contributed by atoms with Crippen LogP contribution in [0, 0.1) is 6.54 Å². The fourth-order valence-corrected chi connectivity index (χ4v) is 1.70. The van der Waals surface area contributed by atoms with E-state index in [0.717, 1.165) is 6.54 Å². The molecule has 63 valence electrons. The quantitative estimate of drug-likeness (QED) is 0.664. The summed E-state index contributed by atoms with van der Waals surface area (Å²) in [5, 5.41) is 3.31. The molecule has 0 aromatic heterocycles. The SMILES string of the molecule is [CH]1NCCCC1c1ccccc1. The van der Waals surface area contributed by atoms with E-state index in [1.54, 1.807) is 0 Å². The molecule has 1 aromatic carbocycles. The lowest BCUT2D eigenvalue weighted by Crippen LogP contribution is -2.23. The van der Waals surface area contributed by atoms with Crippen LogP contribution in [0.5, 0.6) is 0 Å². The van der Waals surface area contributed by atoms with Gasteiger partial charge in [0.1, 0.15) is 0 Å². The molecule has 0 bridgehead atoms. The maximum atomic E-state index is 3.31. The fraction of sp³-hybridized carbons (Fsp3) is 0.364. The predicted octanol–water partition coefficient (Wildman–Crippen LogP) is 2.32. The molecule has 1 N–H and O–H groups in total. The Morgan fingerprint density at radius 1 is 1.17 bits per heavy atom. The second-order valence-corrected chi connectivity index (χ2v) is 3.28. The first-order valence-corrected chi connectivity index (χ1v) is 4.58.